The lowest BCUT2D eigenvalue weighted by Gasteiger charge is -2.38. The number of hydrogen-bond acceptors (Lipinski definition) is 6. The molecule has 2 saturated heterocycles. The van der Waals surface area contributed by atoms with Gasteiger partial charge in [0.25, 0.3) is 0 Å². The number of anilines is 1. The van der Waals surface area contributed by atoms with E-state index < -0.39 is 0 Å². The summed E-state index contributed by atoms with van der Waals surface area (Å²) in [4.78, 5) is 27.7. The molecule has 132 valence electrons. The molecule has 0 N–H and O–H groups in total. The summed E-state index contributed by atoms with van der Waals surface area (Å²) in [5, 5.41) is 0. The molecule has 0 bridgehead atoms. The van der Waals surface area contributed by atoms with Crippen molar-refractivity contribution in [2.24, 2.45) is 0 Å². The highest BCUT2D eigenvalue weighted by Gasteiger charge is 2.26. The molecule has 0 saturated carbocycles. The number of piperidine rings is 1. The van der Waals surface area contributed by atoms with E-state index in [0.29, 0.717) is 24.4 Å². The third-order valence-corrected chi connectivity index (χ3v) is 4.96. The third-order valence-electron chi connectivity index (χ3n) is 4.96. The predicted molar refractivity (Wildman–Crippen MR) is 92.3 cm³/mol. The molecule has 2 aliphatic heterocycles. The van der Waals surface area contributed by atoms with Crippen molar-refractivity contribution in [3.8, 4) is 5.88 Å². The summed E-state index contributed by atoms with van der Waals surface area (Å²) in [5.74, 6) is 1.55. The molecular formula is C17H27N5O2. The van der Waals surface area contributed by atoms with E-state index in [4.69, 9.17) is 4.74 Å². The van der Waals surface area contributed by atoms with Gasteiger partial charge in [-0.05, 0) is 26.2 Å². The van der Waals surface area contributed by atoms with Crippen LogP contribution >= 0.6 is 0 Å². The molecule has 1 aromatic heterocycles. The fourth-order valence-electron chi connectivity index (χ4n) is 3.46. The summed E-state index contributed by atoms with van der Waals surface area (Å²) < 4.78 is 5.16. The molecule has 2 aliphatic rings. The minimum atomic E-state index is 0.272. The zero-order chi connectivity index (χ0) is 16.9. The van der Waals surface area contributed by atoms with E-state index in [-0.39, 0.29) is 5.91 Å². The van der Waals surface area contributed by atoms with Crippen molar-refractivity contribution in [2.75, 3.05) is 51.3 Å². The first-order valence-electron chi connectivity index (χ1n) is 8.81. The summed E-state index contributed by atoms with van der Waals surface area (Å²) >= 11 is 0. The topological polar surface area (TPSA) is 61.8 Å². The smallest absolute Gasteiger partial charge is 0.236 e. The van der Waals surface area contributed by atoms with Gasteiger partial charge in [-0.15, -0.1) is 0 Å². The van der Waals surface area contributed by atoms with Crippen LogP contribution in [0.1, 0.15) is 26.2 Å². The summed E-state index contributed by atoms with van der Waals surface area (Å²) in [7, 11) is 1.61. The summed E-state index contributed by atoms with van der Waals surface area (Å²) in [6.45, 7) is 6.97. The molecule has 0 aromatic carbocycles. The molecule has 1 atom stereocenters. The molecule has 3 rings (SSSR count). The lowest BCUT2D eigenvalue weighted by atomic mass is 10.0. The average Bonchev–Trinajstić information content (AvgIpc) is 2.62. The van der Waals surface area contributed by atoms with Gasteiger partial charge in [-0.2, -0.15) is 4.98 Å². The van der Waals surface area contributed by atoms with Gasteiger partial charge in [-0.1, -0.05) is 0 Å². The lowest BCUT2D eigenvalue weighted by Crippen LogP contribution is -2.52. The number of aromatic nitrogens is 2. The summed E-state index contributed by atoms with van der Waals surface area (Å²) in [6.07, 6.45) is 5.22. The number of methoxy groups -OCH3 is 1. The van der Waals surface area contributed by atoms with Gasteiger partial charge in [0, 0.05) is 51.0 Å². The maximum Gasteiger partial charge on any atom is 0.236 e. The maximum absolute atomic E-state index is 12.5. The van der Waals surface area contributed by atoms with E-state index in [2.05, 4.69) is 31.6 Å². The van der Waals surface area contributed by atoms with Crippen LogP contribution in [-0.2, 0) is 4.79 Å². The second kappa shape index (κ2) is 7.79. The molecule has 1 amide bonds. The van der Waals surface area contributed by atoms with Crippen molar-refractivity contribution in [1.82, 2.24) is 19.8 Å². The molecule has 24 heavy (non-hydrogen) atoms. The van der Waals surface area contributed by atoms with Gasteiger partial charge < -0.3 is 14.5 Å². The molecule has 2 fully saturated rings. The largest absolute Gasteiger partial charge is 0.481 e. The van der Waals surface area contributed by atoms with E-state index in [9.17, 15) is 4.79 Å². The van der Waals surface area contributed by atoms with Gasteiger partial charge in [0.05, 0.1) is 13.7 Å². The minimum Gasteiger partial charge on any atom is -0.481 e. The van der Waals surface area contributed by atoms with E-state index in [1.807, 2.05) is 0 Å². The molecule has 7 nitrogen and oxygen atoms in total. The average molecular weight is 333 g/mol. The second-order valence-corrected chi connectivity index (χ2v) is 6.59. The van der Waals surface area contributed by atoms with Crippen LogP contribution < -0.4 is 9.64 Å². The van der Waals surface area contributed by atoms with Crippen LogP contribution in [0.2, 0.25) is 0 Å². The first-order chi connectivity index (χ1) is 11.7. The van der Waals surface area contributed by atoms with Crippen LogP contribution in [0.5, 0.6) is 5.88 Å². The van der Waals surface area contributed by atoms with Crippen molar-refractivity contribution >= 4 is 11.9 Å². The Morgan fingerprint density at radius 2 is 2.04 bits per heavy atom. The van der Waals surface area contributed by atoms with Crippen molar-refractivity contribution in [1.29, 1.82) is 0 Å². The van der Waals surface area contributed by atoms with Crippen LogP contribution in [-0.4, -0.2) is 78.1 Å². The number of rotatable bonds is 4. The number of carbonyl (C=O) groups excluding carboxylic acids is 1. The highest BCUT2D eigenvalue weighted by Crippen LogP contribution is 2.18. The Hall–Kier alpha value is -1.89. The Bertz CT molecular complexity index is 560. The minimum absolute atomic E-state index is 0.272. The second-order valence-electron chi connectivity index (χ2n) is 6.59. The van der Waals surface area contributed by atoms with Crippen LogP contribution in [0.15, 0.2) is 12.3 Å². The van der Waals surface area contributed by atoms with Gasteiger partial charge in [-0.3, -0.25) is 9.69 Å². The number of likely N-dealkylation sites (tertiary alicyclic amines) is 1. The Morgan fingerprint density at radius 3 is 2.75 bits per heavy atom. The van der Waals surface area contributed by atoms with Crippen molar-refractivity contribution < 1.29 is 9.53 Å². The van der Waals surface area contributed by atoms with Crippen LogP contribution in [0, 0.1) is 0 Å². The lowest BCUT2D eigenvalue weighted by molar-refractivity contribution is -0.135. The summed E-state index contributed by atoms with van der Waals surface area (Å²) in [5.41, 5.74) is 0. The van der Waals surface area contributed by atoms with Crippen molar-refractivity contribution in [3.63, 3.8) is 0 Å². The SMILES string of the molecule is COc1ccnc(N2CCN(CC(=O)N3CCCCC3C)CC2)n1. The molecule has 1 unspecified atom stereocenters. The maximum atomic E-state index is 12.5. The molecule has 0 spiro atoms. The zero-order valence-corrected chi connectivity index (χ0v) is 14.6. The number of nitrogens with zero attached hydrogens (tertiary/aromatic N) is 5. The van der Waals surface area contributed by atoms with E-state index in [1.54, 1.807) is 19.4 Å². The van der Waals surface area contributed by atoms with Gasteiger partial charge in [0.2, 0.25) is 17.7 Å². The Kier molecular flexibility index (Phi) is 5.50. The first kappa shape index (κ1) is 17.0. The number of ether oxygens (including phenoxy) is 1. The number of amides is 1. The Labute approximate surface area is 143 Å². The van der Waals surface area contributed by atoms with Gasteiger partial charge >= 0.3 is 0 Å². The molecular weight excluding hydrogens is 306 g/mol. The van der Waals surface area contributed by atoms with Gasteiger partial charge in [0.15, 0.2) is 0 Å². The van der Waals surface area contributed by atoms with Gasteiger partial charge in [0.1, 0.15) is 0 Å². The van der Waals surface area contributed by atoms with Crippen LogP contribution in [0.4, 0.5) is 5.95 Å². The summed E-state index contributed by atoms with van der Waals surface area (Å²) in [6, 6.07) is 2.13. The normalized spacial score (nSPS) is 22.5. The fraction of sp³-hybridized carbons (Fsp3) is 0.706. The Balaban J connectivity index is 1.50. The zero-order valence-electron chi connectivity index (χ0n) is 14.6. The monoisotopic (exact) mass is 333 g/mol. The molecule has 7 heteroatoms. The quantitative estimate of drug-likeness (QED) is 0.819. The third kappa shape index (κ3) is 3.95. The van der Waals surface area contributed by atoms with Crippen molar-refractivity contribution in [3.05, 3.63) is 12.3 Å². The highest BCUT2D eigenvalue weighted by atomic mass is 16.5. The standard InChI is InChI=1S/C17H27N5O2/c1-14-5-3-4-8-22(14)16(23)13-20-9-11-21(12-10-20)17-18-7-6-15(19-17)24-2/h6-7,14H,3-5,8-13H2,1-2H3. The molecule has 3 heterocycles. The first-order valence-corrected chi connectivity index (χ1v) is 8.81. The van der Waals surface area contributed by atoms with Crippen LogP contribution in [0.3, 0.4) is 0 Å². The Morgan fingerprint density at radius 1 is 1.25 bits per heavy atom. The molecule has 0 aliphatic carbocycles. The number of hydrogen-bond donors (Lipinski definition) is 0. The molecule has 0 radical (unpaired) electrons. The van der Waals surface area contributed by atoms with Crippen LogP contribution in [0.25, 0.3) is 0 Å². The highest BCUT2D eigenvalue weighted by molar-refractivity contribution is 5.78. The van der Waals surface area contributed by atoms with E-state index in [1.165, 1.54) is 6.42 Å². The fourth-order valence-corrected chi connectivity index (χ4v) is 3.46. The predicted octanol–water partition coefficient (Wildman–Crippen LogP) is 1.01. The molecule has 1 aromatic rings. The van der Waals surface area contributed by atoms with E-state index >= 15 is 0 Å². The van der Waals surface area contributed by atoms with Gasteiger partial charge in [-0.25, -0.2) is 4.98 Å². The van der Waals surface area contributed by atoms with E-state index in [0.717, 1.165) is 45.6 Å². The number of carbonyl (C=O) groups is 1. The number of piperazine rings is 1. The van der Waals surface area contributed by atoms with Crippen molar-refractivity contribution in [2.45, 2.75) is 32.2 Å².